The summed E-state index contributed by atoms with van der Waals surface area (Å²) < 4.78 is 9.66. The first-order chi connectivity index (χ1) is 8.67. The van der Waals surface area contributed by atoms with Gasteiger partial charge >= 0.3 is 11.9 Å². The summed E-state index contributed by atoms with van der Waals surface area (Å²) in [5, 5.41) is 0. The van der Waals surface area contributed by atoms with Gasteiger partial charge in [-0.1, -0.05) is 0 Å². The van der Waals surface area contributed by atoms with Gasteiger partial charge in [-0.05, 0) is 37.1 Å². The largest absolute Gasteiger partial charge is 0.465 e. The number of hydrogen-bond donors (Lipinski definition) is 0. The molecule has 5 heteroatoms. The fourth-order valence-electron chi connectivity index (χ4n) is 1.32. The molecule has 0 heterocycles. The Balaban J connectivity index is 2.48. The molecule has 98 valence electrons. The number of carbonyl (C=O) groups excluding carboxylic acids is 2. The molecule has 0 radical (unpaired) electrons. The predicted octanol–water partition coefficient (Wildman–Crippen LogP) is 2.79. The van der Waals surface area contributed by atoms with E-state index in [2.05, 4.69) is 4.74 Å². The van der Waals surface area contributed by atoms with E-state index in [1.54, 1.807) is 24.3 Å². The Morgan fingerprint density at radius 1 is 1.17 bits per heavy atom. The molecule has 0 saturated heterocycles. The second kappa shape index (κ2) is 7.71. The van der Waals surface area contributed by atoms with Crippen molar-refractivity contribution in [1.82, 2.24) is 0 Å². The highest BCUT2D eigenvalue weighted by Gasteiger charge is 2.07. The van der Waals surface area contributed by atoms with Gasteiger partial charge in [-0.2, -0.15) is 0 Å². The Hall–Kier alpha value is -1.55. The molecule has 4 nitrogen and oxygen atoms in total. The summed E-state index contributed by atoms with van der Waals surface area (Å²) in [6, 6.07) is 6.22. The van der Waals surface area contributed by atoms with Crippen molar-refractivity contribution in [2.24, 2.45) is 0 Å². The molecule has 0 fully saturated rings. The highest BCUT2D eigenvalue weighted by Crippen LogP contribution is 2.14. The van der Waals surface area contributed by atoms with Crippen molar-refractivity contribution < 1.29 is 19.1 Å². The second-order valence-electron chi connectivity index (χ2n) is 3.64. The fourth-order valence-corrected chi connectivity index (χ4v) is 1.51. The Labute approximate surface area is 111 Å². The maximum Gasteiger partial charge on any atom is 0.337 e. The monoisotopic (exact) mass is 270 g/mol. The van der Waals surface area contributed by atoms with E-state index in [0.717, 1.165) is 6.42 Å². The lowest BCUT2D eigenvalue weighted by molar-refractivity contribution is -0.134. The molecule has 0 aliphatic heterocycles. The molecule has 0 aliphatic carbocycles. The highest BCUT2D eigenvalue weighted by atomic mass is 35.5. The SMILES string of the molecule is COC(=O)c1ccc(OC(=O)CCCCCl)cc1. The summed E-state index contributed by atoms with van der Waals surface area (Å²) in [5.41, 5.74) is 0.416. The Kier molecular flexibility index (Phi) is 6.22. The maximum absolute atomic E-state index is 11.4. The van der Waals surface area contributed by atoms with Crippen LogP contribution < -0.4 is 4.74 Å². The number of hydrogen-bond acceptors (Lipinski definition) is 4. The smallest absolute Gasteiger partial charge is 0.337 e. The van der Waals surface area contributed by atoms with Crippen LogP contribution in [0.3, 0.4) is 0 Å². The van der Waals surface area contributed by atoms with Gasteiger partial charge in [-0.25, -0.2) is 4.79 Å². The zero-order chi connectivity index (χ0) is 13.4. The van der Waals surface area contributed by atoms with Crippen LogP contribution in [-0.4, -0.2) is 24.9 Å². The van der Waals surface area contributed by atoms with E-state index in [1.165, 1.54) is 7.11 Å². The molecular formula is C13H15ClO4. The second-order valence-corrected chi connectivity index (χ2v) is 4.01. The molecule has 0 bridgehead atoms. The third kappa shape index (κ3) is 4.75. The van der Waals surface area contributed by atoms with E-state index >= 15 is 0 Å². The van der Waals surface area contributed by atoms with Crippen LogP contribution in [0.5, 0.6) is 5.75 Å². The summed E-state index contributed by atoms with van der Waals surface area (Å²) in [4.78, 5) is 22.6. The molecule has 0 amide bonds. The summed E-state index contributed by atoms with van der Waals surface area (Å²) in [6.45, 7) is 0. The van der Waals surface area contributed by atoms with E-state index in [-0.39, 0.29) is 5.97 Å². The molecule has 0 N–H and O–H groups in total. The van der Waals surface area contributed by atoms with E-state index in [9.17, 15) is 9.59 Å². The highest BCUT2D eigenvalue weighted by molar-refractivity contribution is 6.17. The van der Waals surface area contributed by atoms with E-state index in [1.807, 2.05) is 0 Å². The quantitative estimate of drug-likeness (QED) is 0.345. The van der Waals surface area contributed by atoms with Crippen molar-refractivity contribution in [3.63, 3.8) is 0 Å². The van der Waals surface area contributed by atoms with Crippen LogP contribution in [0.15, 0.2) is 24.3 Å². The minimum Gasteiger partial charge on any atom is -0.465 e. The van der Waals surface area contributed by atoms with Crippen LogP contribution in [0.4, 0.5) is 0 Å². The van der Waals surface area contributed by atoms with E-state index in [0.29, 0.717) is 30.0 Å². The molecule has 0 atom stereocenters. The first-order valence-corrected chi connectivity index (χ1v) is 6.16. The lowest BCUT2D eigenvalue weighted by atomic mass is 10.2. The first-order valence-electron chi connectivity index (χ1n) is 5.62. The molecule has 0 saturated carbocycles. The topological polar surface area (TPSA) is 52.6 Å². The van der Waals surface area contributed by atoms with Crippen molar-refractivity contribution in [2.75, 3.05) is 13.0 Å². The van der Waals surface area contributed by atoms with Crippen LogP contribution in [0, 0.1) is 0 Å². The van der Waals surface area contributed by atoms with Gasteiger partial charge in [0.15, 0.2) is 0 Å². The molecule has 1 rings (SSSR count). The average molecular weight is 271 g/mol. The van der Waals surface area contributed by atoms with Crippen LogP contribution in [0.2, 0.25) is 0 Å². The van der Waals surface area contributed by atoms with Crippen molar-refractivity contribution in [3.8, 4) is 5.75 Å². The molecule has 18 heavy (non-hydrogen) atoms. The van der Waals surface area contributed by atoms with Crippen molar-refractivity contribution in [1.29, 1.82) is 0 Å². The number of alkyl halides is 1. The molecule has 0 aromatic heterocycles. The van der Waals surface area contributed by atoms with Crippen LogP contribution in [-0.2, 0) is 9.53 Å². The van der Waals surface area contributed by atoms with E-state index < -0.39 is 5.97 Å². The molecule has 1 aromatic carbocycles. The molecule has 0 unspecified atom stereocenters. The molecule has 0 spiro atoms. The lowest BCUT2D eigenvalue weighted by Gasteiger charge is -2.04. The van der Waals surface area contributed by atoms with Crippen LogP contribution >= 0.6 is 11.6 Å². The van der Waals surface area contributed by atoms with Crippen LogP contribution in [0.1, 0.15) is 29.6 Å². The first kappa shape index (κ1) is 14.5. The van der Waals surface area contributed by atoms with Crippen molar-refractivity contribution in [2.45, 2.75) is 19.3 Å². The normalized spacial score (nSPS) is 9.89. The number of methoxy groups -OCH3 is 1. The number of carbonyl (C=O) groups is 2. The summed E-state index contributed by atoms with van der Waals surface area (Å²) in [5.74, 6) is 0.237. The summed E-state index contributed by atoms with van der Waals surface area (Å²) in [7, 11) is 1.31. The van der Waals surface area contributed by atoms with Crippen LogP contribution in [0.25, 0.3) is 0 Å². The zero-order valence-corrected chi connectivity index (χ0v) is 10.9. The predicted molar refractivity (Wildman–Crippen MR) is 68.0 cm³/mol. The zero-order valence-electron chi connectivity index (χ0n) is 10.1. The number of unbranched alkanes of at least 4 members (excludes halogenated alkanes) is 1. The van der Waals surface area contributed by atoms with Crippen molar-refractivity contribution >= 4 is 23.5 Å². The summed E-state index contributed by atoms with van der Waals surface area (Å²) in [6.07, 6.45) is 1.84. The van der Waals surface area contributed by atoms with Gasteiger partial charge in [0.25, 0.3) is 0 Å². The number of esters is 2. The summed E-state index contributed by atoms with van der Waals surface area (Å²) >= 11 is 5.51. The Bertz CT molecular complexity index is 400. The minimum absolute atomic E-state index is 0.300. The molecule has 1 aromatic rings. The third-order valence-corrected chi connectivity index (χ3v) is 2.54. The van der Waals surface area contributed by atoms with Gasteiger partial charge in [0.05, 0.1) is 12.7 Å². The third-order valence-electron chi connectivity index (χ3n) is 2.27. The Morgan fingerprint density at radius 2 is 1.83 bits per heavy atom. The fraction of sp³-hybridized carbons (Fsp3) is 0.385. The molecular weight excluding hydrogens is 256 g/mol. The molecule has 0 aliphatic rings. The maximum atomic E-state index is 11.4. The lowest BCUT2D eigenvalue weighted by Crippen LogP contribution is -2.08. The number of halogens is 1. The Morgan fingerprint density at radius 3 is 2.39 bits per heavy atom. The van der Waals surface area contributed by atoms with Gasteiger partial charge in [-0.3, -0.25) is 4.79 Å². The number of rotatable bonds is 6. The average Bonchev–Trinajstić information content (AvgIpc) is 2.39. The van der Waals surface area contributed by atoms with Crippen molar-refractivity contribution in [3.05, 3.63) is 29.8 Å². The van der Waals surface area contributed by atoms with Gasteiger partial charge in [-0.15, -0.1) is 11.6 Å². The minimum atomic E-state index is -0.421. The van der Waals surface area contributed by atoms with Gasteiger partial charge < -0.3 is 9.47 Å². The van der Waals surface area contributed by atoms with E-state index in [4.69, 9.17) is 16.3 Å². The van der Waals surface area contributed by atoms with Gasteiger partial charge in [0.1, 0.15) is 5.75 Å². The standard InChI is InChI=1S/C13H15ClO4/c1-17-13(16)10-5-7-11(8-6-10)18-12(15)4-2-3-9-14/h5-8H,2-4,9H2,1H3. The van der Waals surface area contributed by atoms with Gasteiger partial charge in [0, 0.05) is 12.3 Å². The number of ether oxygens (including phenoxy) is 2. The number of benzene rings is 1. The van der Waals surface area contributed by atoms with Gasteiger partial charge in [0.2, 0.25) is 0 Å².